The third kappa shape index (κ3) is 10.7. The first kappa shape index (κ1) is 31.3. The zero-order valence-corrected chi connectivity index (χ0v) is 23.8. The summed E-state index contributed by atoms with van der Waals surface area (Å²) in [4.78, 5) is 38.5. The van der Waals surface area contributed by atoms with Gasteiger partial charge in [0.25, 0.3) is 5.91 Å². The Bertz CT molecular complexity index is 1270. The highest BCUT2D eigenvalue weighted by molar-refractivity contribution is 8.00. The molecule has 214 valence electrons. The lowest BCUT2D eigenvalue weighted by Crippen LogP contribution is -2.39. The minimum atomic E-state index is -0.517. The van der Waals surface area contributed by atoms with Gasteiger partial charge in [0.1, 0.15) is 12.4 Å². The van der Waals surface area contributed by atoms with Gasteiger partial charge in [-0.2, -0.15) is 0 Å². The van der Waals surface area contributed by atoms with Crippen LogP contribution in [0.4, 0.5) is 0 Å². The van der Waals surface area contributed by atoms with E-state index >= 15 is 0 Å². The number of thioether (sulfide) groups is 1. The Morgan fingerprint density at radius 1 is 0.854 bits per heavy atom. The minimum Gasteiger partial charge on any atom is -0.481 e. The molecule has 0 aliphatic rings. The molecule has 0 aliphatic carbocycles. The Kier molecular flexibility index (Phi) is 13.3. The van der Waals surface area contributed by atoms with Crippen LogP contribution in [0, 0.1) is 11.8 Å². The fraction of sp³-hybridized carbons (Fsp3) is 0.281. The number of unbranched alkanes of at least 4 members (excludes halogenated alkanes) is 1. The third-order valence-electron chi connectivity index (χ3n) is 6.16. The van der Waals surface area contributed by atoms with Gasteiger partial charge in [0.2, 0.25) is 11.8 Å². The molecule has 3 aromatic carbocycles. The van der Waals surface area contributed by atoms with Crippen molar-refractivity contribution in [3.63, 3.8) is 0 Å². The fourth-order valence-corrected chi connectivity index (χ4v) is 5.15. The lowest BCUT2D eigenvalue weighted by Gasteiger charge is -2.18. The van der Waals surface area contributed by atoms with Gasteiger partial charge < -0.3 is 15.4 Å². The van der Waals surface area contributed by atoms with E-state index in [9.17, 15) is 19.6 Å². The molecule has 0 aliphatic heterocycles. The van der Waals surface area contributed by atoms with Gasteiger partial charge in [-0.15, -0.1) is 17.7 Å². The number of amides is 3. The topological polar surface area (TPSA) is 117 Å². The molecule has 9 heteroatoms. The van der Waals surface area contributed by atoms with Gasteiger partial charge in [0.05, 0.1) is 17.7 Å². The van der Waals surface area contributed by atoms with Gasteiger partial charge in [0, 0.05) is 11.4 Å². The molecule has 0 spiro atoms. The molecule has 8 nitrogen and oxygen atoms in total. The van der Waals surface area contributed by atoms with Gasteiger partial charge in [0.15, 0.2) is 0 Å². The van der Waals surface area contributed by atoms with Crippen LogP contribution in [0.15, 0.2) is 89.8 Å². The SMILES string of the molecule is CC#CCOc1ccc(SC(CCCCNC(=O)CNC(=O)C(c2ccccc2)c2ccccc2)C(=O)NO)cc1. The number of hydrogen-bond acceptors (Lipinski definition) is 6. The molecule has 0 saturated heterocycles. The molecule has 3 aromatic rings. The molecule has 0 bridgehead atoms. The molecule has 0 heterocycles. The number of carbonyl (C=O) groups excluding carboxylic acids is 3. The maximum atomic E-state index is 13.1. The summed E-state index contributed by atoms with van der Waals surface area (Å²) in [5.41, 5.74) is 3.44. The zero-order chi connectivity index (χ0) is 29.3. The molecule has 0 fully saturated rings. The Hall–Kier alpha value is -4.26. The fourth-order valence-electron chi connectivity index (χ4n) is 4.09. The van der Waals surface area contributed by atoms with Crippen molar-refractivity contribution < 1.29 is 24.3 Å². The highest BCUT2D eigenvalue weighted by Crippen LogP contribution is 2.28. The molecule has 0 aromatic heterocycles. The van der Waals surface area contributed by atoms with Crippen LogP contribution in [0.5, 0.6) is 5.75 Å². The number of carbonyl (C=O) groups is 3. The summed E-state index contributed by atoms with van der Waals surface area (Å²) in [7, 11) is 0. The average molecular weight is 574 g/mol. The Morgan fingerprint density at radius 3 is 2.07 bits per heavy atom. The standard InChI is InChI=1S/C32H35N3O5S/c1-2-3-22-40-26-17-19-27(20-18-26)41-28(31(37)35-39)16-10-11-21-33-29(36)23-34-32(38)30(24-12-6-4-7-13-24)25-14-8-5-9-15-25/h4-9,12-15,17-20,28,30,39H,10-11,16,21-23H2,1H3,(H,33,36)(H,34,38)(H,35,37). The number of benzene rings is 3. The van der Waals surface area contributed by atoms with E-state index in [0.29, 0.717) is 38.2 Å². The molecule has 41 heavy (non-hydrogen) atoms. The van der Waals surface area contributed by atoms with Crippen molar-refractivity contribution in [1.29, 1.82) is 0 Å². The Labute approximate surface area is 245 Å². The normalized spacial score (nSPS) is 11.1. The lowest BCUT2D eigenvalue weighted by molar-refractivity contribution is -0.128. The van der Waals surface area contributed by atoms with Crippen LogP contribution in [-0.2, 0) is 14.4 Å². The average Bonchev–Trinajstić information content (AvgIpc) is 3.01. The highest BCUT2D eigenvalue weighted by atomic mass is 32.2. The van der Waals surface area contributed by atoms with Gasteiger partial charge in [-0.25, -0.2) is 5.48 Å². The monoisotopic (exact) mass is 573 g/mol. The molecule has 0 saturated carbocycles. The second kappa shape index (κ2) is 17.4. The second-order valence-electron chi connectivity index (χ2n) is 9.09. The van der Waals surface area contributed by atoms with Crippen molar-refractivity contribution in [2.24, 2.45) is 0 Å². The predicted molar refractivity (Wildman–Crippen MR) is 160 cm³/mol. The largest absolute Gasteiger partial charge is 0.481 e. The summed E-state index contributed by atoms with van der Waals surface area (Å²) in [5.74, 6) is 4.75. The first-order valence-corrected chi connectivity index (χ1v) is 14.3. The molecular weight excluding hydrogens is 538 g/mol. The number of hydroxylamine groups is 1. The smallest absolute Gasteiger partial charge is 0.256 e. The van der Waals surface area contributed by atoms with E-state index in [1.54, 1.807) is 12.4 Å². The third-order valence-corrected chi connectivity index (χ3v) is 7.44. The van der Waals surface area contributed by atoms with Crippen molar-refractivity contribution in [1.82, 2.24) is 16.1 Å². The minimum absolute atomic E-state index is 0.134. The van der Waals surface area contributed by atoms with Gasteiger partial charge in [-0.1, -0.05) is 73.0 Å². The van der Waals surface area contributed by atoms with Gasteiger partial charge >= 0.3 is 0 Å². The second-order valence-corrected chi connectivity index (χ2v) is 10.4. The van der Waals surface area contributed by atoms with E-state index in [2.05, 4.69) is 22.5 Å². The molecule has 3 rings (SSSR count). The van der Waals surface area contributed by atoms with Crippen LogP contribution in [-0.4, -0.2) is 47.9 Å². The summed E-state index contributed by atoms with van der Waals surface area (Å²) in [6.07, 6.45) is 1.79. The molecule has 1 unspecified atom stereocenters. The Morgan fingerprint density at radius 2 is 1.49 bits per heavy atom. The summed E-state index contributed by atoms with van der Waals surface area (Å²) >= 11 is 1.34. The maximum Gasteiger partial charge on any atom is 0.256 e. The van der Waals surface area contributed by atoms with Crippen molar-refractivity contribution in [3.8, 4) is 17.6 Å². The van der Waals surface area contributed by atoms with E-state index in [0.717, 1.165) is 16.0 Å². The number of rotatable bonds is 15. The molecule has 3 amide bonds. The molecular formula is C32H35N3O5S. The van der Waals surface area contributed by atoms with Crippen molar-refractivity contribution in [3.05, 3.63) is 96.1 Å². The summed E-state index contributed by atoms with van der Waals surface area (Å²) in [5, 5.41) is 14.2. The van der Waals surface area contributed by atoms with Gasteiger partial charge in [-0.05, 0) is 55.2 Å². The summed E-state index contributed by atoms with van der Waals surface area (Å²) in [6.45, 7) is 2.33. The number of nitrogens with one attached hydrogen (secondary N) is 3. The number of ether oxygens (including phenoxy) is 1. The van der Waals surface area contributed by atoms with Crippen molar-refractivity contribution in [2.75, 3.05) is 19.7 Å². The highest BCUT2D eigenvalue weighted by Gasteiger charge is 2.23. The van der Waals surface area contributed by atoms with Crippen molar-refractivity contribution >= 4 is 29.5 Å². The van der Waals surface area contributed by atoms with Crippen LogP contribution < -0.4 is 20.9 Å². The molecule has 1 atom stereocenters. The van der Waals surface area contributed by atoms with E-state index < -0.39 is 17.1 Å². The first-order valence-electron chi connectivity index (χ1n) is 13.4. The predicted octanol–water partition coefficient (Wildman–Crippen LogP) is 4.29. The summed E-state index contributed by atoms with van der Waals surface area (Å²) in [6, 6.07) is 26.2. The molecule has 4 N–H and O–H groups in total. The van der Waals surface area contributed by atoms with E-state index in [-0.39, 0.29) is 18.4 Å². The lowest BCUT2D eigenvalue weighted by atomic mass is 9.90. The van der Waals surface area contributed by atoms with Crippen molar-refractivity contribution in [2.45, 2.75) is 42.2 Å². The maximum absolute atomic E-state index is 13.1. The van der Waals surface area contributed by atoms with Crippen LogP contribution >= 0.6 is 11.8 Å². The van der Waals surface area contributed by atoms with E-state index in [1.165, 1.54) is 11.8 Å². The van der Waals surface area contributed by atoms with Crippen LogP contribution in [0.1, 0.15) is 43.2 Å². The number of hydrogen-bond donors (Lipinski definition) is 4. The van der Waals surface area contributed by atoms with E-state index in [4.69, 9.17) is 4.74 Å². The van der Waals surface area contributed by atoms with Crippen LogP contribution in [0.3, 0.4) is 0 Å². The first-order chi connectivity index (χ1) is 20.0. The van der Waals surface area contributed by atoms with Crippen LogP contribution in [0.2, 0.25) is 0 Å². The zero-order valence-electron chi connectivity index (χ0n) is 23.0. The molecule has 0 radical (unpaired) electrons. The summed E-state index contributed by atoms with van der Waals surface area (Å²) < 4.78 is 5.51. The Balaban J connectivity index is 1.41. The van der Waals surface area contributed by atoms with E-state index in [1.807, 2.05) is 84.9 Å². The quantitative estimate of drug-likeness (QED) is 0.0709. The van der Waals surface area contributed by atoms with Crippen LogP contribution in [0.25, 0.3) is 0 Å². The van der Waals surface area contributed by atoms with Gasteiger partial charge in [-0.3, -0.25) is 19.6 Å².